The molecule has 3 aromatic carbocycles. The first kappa shape index (κ1) is 28.7. The highest BCUT2D eigenvalue weighted by Crippen LogP contribution is 2.39. The zero-order chi connectivity index (χ0) is 30.1. The van der Waals surface area contributed by atoms with E-state index in [1.165, 1.54) is 41.7 Å². The van der Waals surface area contributed by atoms with E-state index in [9.17, 15) is 14.0 Å². The van der Waals surface area contributed by atoms with Gasteiger partial charge in [-0.2, -0.15) is 0 Å². The van der Waals surface area contributed by atoms with Crippen molar-refractivity contribution in [3.05, 3.63) is 123 Å². The third-order valence-corrected chi connectivity index (χ3v) is 9.05. The van der Waals surface area contributed by atoms with Gasteiger partial charge in [-0.3, -0.25) is 9.78 Å². The third kappa shape index (κ3) is 5.95. The number of pyridine rings is 1. The molecule has 1 N–H and O–H groups in total. The lowest BCUT2D eigenvalue weighted by Gasteiger charge is -2.17. The van der Waals surface area contributed by atoms with Crippen molar-refractivity contribution in [1.29, 1.82) is 0 Å². The van der Waals surface area contributed by atoms with Crippen molar-refractivity contribution < 1.29 is 18.7 Å². The summed E-state index contributed by atoms with van der Waals surface area (Å²) in [6, 6.07) is 24.5. The fraction of sp³-hybridized carbons (Fsp3) is 0.250. The molecular weight excluding hydrogens is 559 g/mol. The number of rotatable bonds is 8. The average molecular weight is 593 g/mol. The average Bonchev–Trinajstić information content (AvgIpc) is 3.65. The predicted octanol–water partition coefficient (Wildman–Crippen LogP) is 8.10. The number of thiophene rings is 1. The lowest BCUT2D eigenvalue weighted by atomic mass is 9.93. The van der Waals surface area contributed by atoms with E-state index in [0.717, 1.165) is 45.3 Å². The number of carbonyl (C=O) groups excluding carboxylic acids is 2. The first-order chi connectivity index (χ1) is 20.8. The van der Waals surface area contributed by atoms with Gasteiger partial charge in [-0.1, -0.05) is 62.4 Å². The number of fused-ring (bicyclic) bond motifs is 2. The summed E-state index contributed by atoms with van der Waals surface area (Å²) < 4.78 is 18.7. The van der Waals surface area contributed by atoms with Crippen LogP contribution in [0.3, 0.4) is 0 Å². The third-order valence-electron chi connectivity index (χ3n) is 7.95. The molecule has 2 aromatic heterocycles. The van der Waals surface area contributed by atoms with Crippen molar-refractivity contribution in [2.75, 3.05) is 7.11 Å². The Bertz CT molecular complexity index is 1830. The molecule has 1 aliphatic rings. The maximum Gasteiger partial charge on any atom is 0.340 e. The molecular formula is C36H33FN2O3S. The molecule has 43 heavy (non-hydrogen) atoms. The topological polar surface area (TPSA) is 68.3 Å². The molecule has 218 valence electrons. The van der Waals surface area contributed by atoms with Gasteiger partial charge >= 0.3 is 5.97 Å². The molecule has 5 aromatic rings. The van der Waals surface area contributed by atoms with E-state index < -0.39 is 5.97 Å². The number of aryl methyl sites for hydroxylation is 1. The van der Waals surface area contributed by atoms with Crippen LogP contribution < -0.4 is 5.32 Å². The molecule has 1 atom stereocenters. The molecule has 0 aliphatic heterocycles. The Morgan fingerprint density at radius 3 is 2.56 bits per heavy atom. The van der Waals surface area contributed by atoms with E-state index in [-0.39, 0.29) is 23.7 Å². The fourth-order valence-corrected chi connectivity index (χ4v) is 6.93. The number of esters is 1. The number of ether oxygens (including phenoxy) is 1. The smallest absolute Gasteiger partial charge is 0.340 e. The summed E-state index contributed by atoms with van der Waals surface area (Å²) in [7, 11) is 1.38. The molecule has 0 radical (unpaired) electrons. The van der Waals surface area contributed by atoms with E-state index in [1.807, 2.05) is 42.5 Å². The van der Waals surface area contributed by atoms with Crippen LogP contribution in [0.2, 0.25) is 0 Å². The molecule has 0 saturated carbocycles. The molecule has 7 heteroatoms. The van der Waals surface area contributed by atoms with Gasteiger partial charge in [0.1, 0.15) is 5.82 Å². The Kier molecular flexibility index (Phi) is 8.08. The van der Waals surface area contributed by atoms with Gasteiger partial charge in [-0.25, -0.2) is 9.18 Å². The Morgan fingerprint density at radius 2 is 1.79 bits per heavy atom. The van der Waals surface area contributed by atoms with Gasteiger partial charge in [0, 0.05) is 15.8 Å². The first-order valence-corrected chi connectivity index (χ1v) is 15.4. The number of halogens is 1. The number of hydrogen-bond donors (Lipinski definition) is 1. The number of aromatic nitrogens is 1. The zero-order valence-corrected chi connectivity index (χ0v) is 25.3. The summed E-state index contributed by atoms with van der Waals surface area (Å²) in [5.74, 6) is -0.584. The second-order valence-electron chi connectivity index (χ2n) is 11.5. The van der Waals surface area contributed by atoms with Crippen molar-refractivity contribution in [3.8, 4) is 10.4 Å². The van der Waals surface area contributed by atoms with Crippen LogP contribution in [-0.2, 0) is 24.0 Å². The van der Waals surface area contributed by atoms with Crippen LogP contribution in [0.1, 0.15) is 74.3 Å². The van der Waals surface area contributed by atoms with Gasteiger partial charge < -0.3 is 10.1 Å². The quantitative estimate of drug-likeness (QED) is 0.185. The number of carbonyl (C=O) groups is 2. The van der Waals surface area contributed by atoms with Crippen LogP contribution in [0.4, 0.5) is 4.39 Å². The minimum Gasteiger partial charge on any atom is -0.465 e. The standard InChI is InChI=1S/C36H33FN2O3S/c1-21(2)18-30-34(36(41)42-3)33(27-14-10-23(20-29(27)38-30)19-22-8-12-25(37)13-9-22)31-16-17-32(43-31)35(40)39-28-15-11-24-6-4-5-7-26(24)28/h4-10,12-14,16-17,20-21,28H,11,15,18-19H2,1-3H3,(H,39,40). The van der Waals surface area contributed by atoms with Gasteiger partial charge in [-0.05, 0) is 84.2 Å². The maximum atomic E-state index is 13.5. The number of nitrogens with zero attached hydrogens (tertiary/aromatic N) is 1. The first-order valence-electron chi connectivity index (χ1n) is 14.6. The maximum absolute atomic E-state index is 13.5. The fourth-order valence-electron chi connectivity index (χ4n) is 5.95. The van der Waals surface area contributed by atoms with Crippen LogP contribution >= 0.6 is 11.3 Å². The monoisotopic (exact) mass is 592 g/mol. The summed E-state index contributed by atoms with van der Waals surface area (Å²) in [4.78, 5) is 33.1. The Morgan fingerprint density at radius 1 is 1.02 bits per heavy atom. The van der Waals surface area contributed by atoms with Crippen LogP contribution in [0.15, 0.2) is 78.9 Å². The van der Waals surface area contributed by atoms with E-state index in [0.29, 0.717) is 29.0 Å². The highest BCUT2D eigenvalue weighted by Gasteiger charge is 2.27. The SMILES string of the molecule is COC(=O)c1c(CC(C)C)nc2cc(Cc3ccc(F)cc3)ccc2c1-c1ccc(C(=O)NC2CCc3ccccc32)s1. The number of hydrogen-bond acceptors (Lipinski definition) is 5. The molecule has 6 rings (SSSR count). The van der Waals surface area contributed by atoms with Crippen molar-refractivity contribution in [1.82, 2.24) is 10.3 Å². The van der Waals surface area contributed by atoms with Crippen molar-refractivity contribution >= 4 is 34.1 Å². The molecule has 2 heterocycles. The number of nitrogens with one attached hydrogen (secondary N) is 1. The van der Waals surface area contributed by atoms with Gasteiger partial charge in [-0.15, -0.1) is 11.3 Å². The molecule has 0 saturated heterocycles. The van der Waals surface area contributed by atoms with Crippen LogP contribution in [0.25, 0.3) is 21.3 Å². The van der Waals surface area contributed by atoms with E-state index in [1.54, 1.807) is 12.1 Å². The minimum atomic E-state index is -0.447. The highest BCUT2D eigenvalue weighted by atomic mass is 32.1. The molecule has 0 fully saturated rings. The Hall–Kier alpha value is -4.36. The van der Waals surface area contributed by atoms with Gasteiger partial charge in [0.25, 0.3) is 5.91 Å². The summed E-state index contributed by atoms with van der Waals surface area (Å²) >= 11 is 1.37. The second kappa shape index (κ2) is 12.1. The molecule has 0 bridgehead atoms. The van der Waals surface area contributed by atoms with E-state index >= 15 is 0 Å². The molecule has 1 aliphatic carbocycles. The Labute approximate surface area is 254 Å². The van der Waals surface area contributed by atoms with Crippen LogP contribution in [0, 0.1) is 11.7 Å². The summed E-state index contributed by atoms with van der Waals surface area (Å²) in [6.45, 7) is 4.18. The molecule has 0 spiro atoms. The van der Waals surface area contributed by atoms with Crippen molar-refractivity contribution in [2.24, 2.45) is 5.92 Å². The van der Waals surface area contributed by atoms with Gasteiger partial charge in [0.2, 0.25) is 0 Å². The molecule has 1 unspecified atom stereocenters. The van der Waals surface area contributed by atoms with E-state index in [4.69, 9.17) is 9.72 Å². The molecule has 5 nitrogen and oxygen atoms in total. The number of amides is 1. The molecule has 1 amide bonds. The van der Waals surface area contributed by atoms with Crippen LogP contribution in [0.5, 0.6) is 0 Å². The Balaban J connectivity index is 1.41. The second-order valence-corrected chi connectivity index (χ2v) is 12.6. The van der Waals surface area contributed by atoms with Gasteiger partial charge in [0.15, 0.2) is 0 Å². The summed E-state index contributed by atoms with van der Waals surface area (Å²) in [6.07, 6.45) is 3.04. The van der Waals surface area contributed by atoms with Crippen molar-refractivity contribution in [3.63, 3.8) is 0 Å². The summed E-state index contributed by atoms with van der Waals surface area (Å²) in [5, 5.41) is 4.03. The van der Waals surface area contributed by atoms with E-state index in [2.05, 4.69) is 31.3 Å². The predicted molar refractivity (Wildman–Crippen MR) is 169 cm³/mol. The number of methoxy groups -OCH3 is 1. The lowest BCUT2D eigenvalue weighted by Crippen LogP contribution is -2.26. The normalized spacial score (nSPS) is 14.2. The van der Waals surface area contributed by atoms with Gasteiger partial charge in [0.05, 0.1) is 34.8 Å². The number of benzene rings is 3. The minimum absolute atomic E-state index is 0.0150. The highest BCUT2D eigenvalue weighted by molar-refractivity contribution is 7.17. The van der Waals surface area contributed by atoms with Crippen LogP contribution in [-0.4, -0.2) is 24.0 Å². The summed E-state index contributed by atoms with van der Waals surface area (Å²) in [5.41, 5.74) is 7.09. The lowest BCUT2D eigenvalue weighted by molar-refractivity contribution is 0.0599. The largest absolute Gasteiger partial charge is 0.465 e. The van der Waals surface area contributed by atoms with Crippen molar-refractivity contribution in [2.45, 2.75) is 45.6 Å². The zero-order valence-electron chi connectivity index (χ0n) is 24.4.